The fourth-order valence-corrected chi connectivity index (χ4v) is 2.56. The van der Waals surface area contributed by atoms with Crippen molar-refractivity contribution in [1.29, 1.82) is 0 Å². The van der Waals surface area contributed by atoms with E-state index in [9.17, 15) is 4.79 Å². The monoisotopic (exact) mass is 314 g/mol. The molecule has 0 aromatic heterocycles. The Bertz CT molecular complexity index is 285. The van der Waals surface area contributed by atoms with Crippen LogP contribution in [-0.4, -0.2) is 31.6 Å². The Labute approximate surface area is 135 Å². The largest absolute Gasteiger partial charge is 0.457 e. The smallest absolute Gasteiger partial charge is 0.306 e. The first-order valence-corrected chi connectivity index (χ1v) is 9.10. The second kappa shape index (κ2) is 11.9. The second-order valence-electron chi connectivity index (χ2n) is 6.40. The Balaban J connectivity index is 2.02. The number of hydrogen-bond donors (Lipinski definition) is 0. The maximum absolute atomic E-state index is 11.8. The molecule has 1 rings (SSSR count). The first kappa shape index (κ1) is 19.4. The van der Waals surface area contributed by atoms with E-state index in [1.165, 1.54) is 32.1 Å². The number of carbonyl (C=O) groups excluding carboxylic acids is 1. The van der Waals surface area contributed by atoms with Crippen molar-refractivity contribution in [3.05, 3.63) is 0 Å². The predicted molar refractivity (Wildman–Crippen MR) is 87.6 cm³/mol. The van der Waals surface area contributed by atoms with Gasteiger partial charge in [0.1, 0.15) is 6.10 Å². The van der Waals surface area contributed by atoms with Crippen LogP contribution in [0, 0.1) is 5.92 Å². The van der Waals surface area contributed by atoms with Gasteiger partial charge < -0.3 is 14.2 Å². The van der Waals surface area contributed by atoms with Gasteiger partial charge in [0.15, 0.2) is 6.29 Å². The maximum atomic E-state index is 11.8. The highest BCUT2D eigenvalue weighted by Crippen LogP contribution is 2.19. The van der Waals surface area contributed by atoms with Crippen LogP contribution in [0.25, 0.3) is 0 Å². The average molecular weight is 314 g/mol. The minimum atomic E-state index is -0.239. The Morgan fingerprint density at radius 1 is 1.05 bits per heavy atom. The van der Waals surface area contributed by atoms with Crippen molar-refractivity contribution in [3.8, 4) is 0 Å². The second-order valence-corrected chi connectivity index (χ2v) is 6.40. The quantitative estimate of drug-likeness (QED) is 0.417. The molecule has 0 spiro atoms. The Hall–Kier alpha value is -0.610. The highest BCUT2D eigenvalue weighted by Gasteiger charge is 2.27. The molecule has 1 heterocycles. The lowest BCUT2D eigenvalue weighted by Crippen LogP contribution is -2.41. The molecule has 1 aliphatic rings. The fourth-order valence-electron chi connectivity index (χ4n) is 2.56. The zero-order valence-electron chi connectivity index (χ0n) is 14.6. The molecule has 22 heavy (non-hydrogen) atoms. The van der Waals surface area contributed by atoms with Gasteiger partial charge in [-0.3, -0.25) is 4.79 Å². The molecular weight excluding hydrogens is 280 g/mol. The van der Waals surface area contributed by atoms with Gasteiger partial charge in [0, 0.05) is 12.3 Å². The van der Waals surface area contributed by atoms with Crippen LogP contribution in [0.3, 0.4) is 0 Å². The zero-order chi connectivity index (χ0) is 16.2. The van der Waals surface area contributed by atoms with E-state index in [-0.39, 0.29) is 18.4 Å². The van der Waals surface area contributed by atoms with Crippen molar-refractivity contribution in [2.75, 3.05) is 13.2 Å². The normalized spacial score (nSPS) is 23.2. The molecular formula is C18H34O4. The summed E-state index contributed by atoms with van der Waals surface area (Å²) in [4.78, 5) is 11.8. The van der Waals surface area contributed by atoms with E-state index in [1.54, 1.807) is 0 Å². The van der Waals surface area contributed by atoms with Crippen molar-refractivity contribution in [2.24, 2.45) is 5.92 Å². The molecule has 0 N–H and O–H groups in total. The van der Waals surface area contributed by atoms with Crippen molar-refractivity contribution in [2.45, 2.75) is 91.0 Å². The molecule has 0 aliphatic carbocycles. The van der Waals surface area contributed by atoms with Gasteiger partial charge in [-0.05, 0) is 12.8 Å². The highest BCUT2D eigenvalue weighted by atomic mass is 16.7. The van der Waals surface area contributed by atoms with Crippen molar-refractivity contribution in [1.82, 2.24) is 0 Å². The van der Waals surface area contributed by atoms with E-state index in [4.69, 9.17) is 14.2 Å². The van der Waals surface area contributed by atoms with Crippen molar-refractivity contribution >= 4 is 5.97 Å². The molecule has 4 nitrogen and oxygen atoms in total. The van der Waals surface area contributed by atoms with Crippen LogP contribution in [-0.2, 0) is 19.0 Å². The lowest BCUT2D eigenvalue weighted by Gasteiger charge is -2.32. The van der Waals surface area contributed by atoms with Crippen LogP contribution in [0.2, 0.25) is 0 Å². The number of ether oxygens (including phenoxy) is 3. The van der Waals surface area contributed by atoms with Gasteiger partial charge >= 0.3 is 5.97 Å². The van der Waals surface area contributed by atoms with Crippen molar-refractivity contribution in [3.63, 3.8) is 0 Å². The maximum Gasteiger partial charge on any atom is 0.306 e. The van der Waals surface area contributed by atoms with Gasteiger partial charge in [0.05, 0.1) is 13.2 Å². The molecule has 0 amide bonds. The molecule has 0 bridgehead atoms. The first-order chi connectivity index (χ1) is 10.7. The summed E-state index contributed by atoms with van der Waals surface area (Å²) in [5.41, 5.74) is 0. The first-order valence-electron chi connectivity index (χ1n) is 9.10. The number of carbonyl (C=O) groups is 1. The Kier molecular flexibility index (Phi) is 10.5. The lowest BCUT2D eigenvalue weighted by molar-refractivity contribution is -0.242. The van der Waals surface area contributed by atoms with E-state index >= 15 is 0 Å². The van der Waals surface area contributed by atoms with Gasteiger partial charge in [0.2, 0.25) is 0 Å². The molecule has 0 aromatic rings. The summed E-state index contributed by atoms with van der Waals surface area (Å²) in [7, 11) is 0. The van der Waals surface area contributed by atoms with Gasteiger partial charge in [0.25, 0.3) is 0 Å². The van der Waals surface area contributed by atoms with Crippen LogP contribution in [0.4, 0.5) is 0 Å². The molecule has 0 aromatic carbocycles. The van der Waals surface area contributed by atoms with E-state index < -0.39 is 0 Å². The number of hydrogen-bond acceptors (Lipinski definition) is 4. The third kappa shape index (κ3) is 8.14. The molecule has 4 heteroatoms. The molecule has 0 saturated carbocycles. The molecule has 1 aliphatic heterocycles. The lowest BCUT2D eigenvalue weighted by atomic mass is 10.1. The van der Waals surface area contributed by atoms with Crippen molar-refractivity contribution < 1.29 is 19.0 Å². The van der Waals surface area contributed by atoms with Crippen LogP contribution in [0.15, 0.2) is 0 Å². The topological polar surface area (TPSA) is 44.8 Å². The predicted octanol–water partition coefficient (Wildman–Crippen LogP) is 4.46. The summed E-state index contributed by atoms with van der Waals surface area (Å²) in [6.45, 7) is 7.36. The van der Waals surface area contributed by atoms with Crippen LogP contribution < -0.4 is 0 Å². The SMILES string of the molecule is CCCCCCCCCC(=O)OC1COC(C(C)CC)OC1. The Morgan fingerprint density at radius 3 is 2.23 bits per heavy atom. The molecule has 0 radical (unpaired) electrons. The third-order valence-corrected chi connectivity index (χ3v) is 4.28. The van der Waals surface area contributed by atoms with E-state index in [2.05, 4.69) is 20.8 Å². The number of unbranched alkanes of at least 4 members (excludes halogenated alkanes) is 6. The molecule has 1 atom stereocenters. The minimum Gasteiger partial charge on any atom is -0.457 e. The van der Waals surface area contributed by atoms with Crippen LogP contribution in [0.5, 0.6) is 0 Å². The van der Waals surface area contributed by atoms with Gasteiger partial charge in [-0.2, -0.15) is 0 Å². The highest BCUT2D eigenvalue weighted by molar-refractivity contribution is 5.69. The van der Waals surface area contributed by atoms with E-state index in [0.717, 1.165) is 19.3 Å². The summed E-state index contributed by atoms with van der Waals surface area (Å²) in [6, 6.07) is 0. The molecule has 1 fully saturated rings. The minimum absolute atomic E-state index is 0.118. The van der Waals surface area contributed by atoms with Crippen LogP contribution >= 0.6 is 0 Å². The van der Waals surface area contributed by atoms with Gasteiger partial charge in [-0.15, -0.1) is 0 Å². The van der Waals surface area contributed by atoms with Crippen LogP contribution in [0.1, 0.15) is 78.6 Å². The third-order valence-electron chi connectivity index (χ3n) is 4.28. The molecule has 1 unspecified atom stereocenters. The van der Waals surface area contributed by atoms with Gasteiger partial charge in [-0.25, -0.2) is 0 Å². The zero-order valence-corrected chi connectivity index (χ0v) is 14.6. The fraction of sp³-hybridized carbons (Fsp3) is 0.944. The van der Waals surface area contributed by atoms with E-state index in [1.807, 2.05) is 0 Å². The summed E-state index contributed by atoms with van der Waals surface area (Å²) in [6.07, 6.45) is 9.60. The van der Waals surface area contributed by atoms with Gasteiger partial charge in [-0.1, -0.05) is 59.3 Å². The molecule has 1 saturated heterocycles. The Morgan fingerprint density at radius 2 is 1.64 bits per heavy atom. The average Bonchev–Trinajstić information content (AvgIpc) is 2.54. The summed E-state index contributed by atoms with van der Waals surface area (Å²) in [5, 5.41) is 0. The standard InChI is InChI=1S/C18H34O4/c1-4-6-7-8-9-10-11-12-17(19)22-16-13-20-18(21-14-16)15(3)5-2/h15-16,18H,4-14H2,1-3H3. The molecule has 130 valence electrons. The summed E-state index contributed by atoms with van der Waals surface area (Å²) < 4.78 is 16.7. The van der Waals surface area contributed by atoms with E-state index in [0.29, 0.717) is 25.6 Å². The number of esters is 1. The summed E-state index contributed by atoms with van der Waals surface area (Å²) in [5.74, 6) is 0.261. The number of rotatable bonds is 11. The summed E-state index contributed by atoms with van der Waals surface area (Å²) >= 11 is 0.